The highest BCUT2D eigenvalue weighted by atomic mass is 16.5. The van der Waals surface area contributed by atoms with E-state index >= 15 is 0 Å². The lowest BCUT2D eigenvalue weighted by Crippen LogP contribution is -2.20. The van der Waals surface area contributed by atoms with Crippen LogP contribution in [0.5, 0.6) is 11.5 Å². The summed E-state index contributed by atoms with van der Waals surface area (Å²) in [4.78, 5) is 28.4. The van der Waals surface area contributed by atoms with Gasteiger partial charge in [0.05, 0.1) is 18.7 Å². The lowest BCUT2D eigenvalue weighted by atomic mass is 10.1. The maximum Gasteiger partial charge on any atom is 0.331 e. The molecule has 1 aliphatic rings. The van der Waals surface area contributed by atoms with E-state index in [0.29, 0.717) is 30.4 Å². The van der Waals surface area contributed by atoms with E-state index in [1.807, 2.05) is 30.3 Å². The molecule has 0 saturated heterocycles. The van der Waals surface area contributed by atoms with Crippen LogP contribution in [0, 0.1) is 0 Å². The van der Waals surface area contributed by atoms with Crippen molar-refractivity contribution in [3.63, 3.8) is 0 Å². The molecule has 0 fully saturated rings. The van der Waals surface area contributed by atoms with Crippen LogP contribution >= 0.6 is 0 Å². The number of carbonyl (C=O) groups is 2. The van der Waals surface area contributed by atoms with Crippen LogP contribution in [-0.4, -0.2) is 36.7 Å². The van der Waals surface area contributed by atoms with Crippen molar-refractivity contribution in [3.05, 3.63) is 66.4 Å². The summed E-state index contributed by atoms with van der Waals surface area (Å²) in [6, 6.07) is 14.6. The second-order valence-electron chi connectivity index (χ2n) is 6.62. The van der Waals surface area contributed by atoms with Crippen molar-refractivity contribution in [1.29, 1.82) is 0 Å². The lowest BCUT2D eigenvalue weighted by molar-refractivity contribution is -0.142. The summed E-state index contributed by atoms with van der Waals surface area (Å²) in [5, 5.41) is 3.65. The Hall–Kier alpha value is -3.87. The van der Waals surface area contributed by atoms with Gasteiger partial charge in [0.15, 0.2) is 18.1 Å². The molecule has 7 nitrogen and oxygen atoms in total. The maximum atomic E-state index is 12.1. The number of hydrogen-bond donors (Lipinski definition) is 1. The molecule has 30 heavy (non-hydrogen) atoms. The molecule has 2 aromatic carbocycles. The van der Waals surface area contributed by atoms with Crippen LogP contribution in [-0.2, 0) is 14.3 Å². The van der Waals surface area contributed by atoms with Crippen molar-refractivity contribution in [1.82, 2.24) is 4.98 Å². The van der Waals surface area contributed by atoms with Crippen LogP contribution in [0.4, 0.5) is 5.69 Å². The summed E-state index contributed by atoms with van der Waals surface area (Å²) in [5.41, 5.74) is 2.12. The number of anilines is 1. The van der Waals surface area contributed by atoms with E-state index in [0.717, 1.165) is 22.9 Å². The number of nitrogens with one attached hydrogen (secondary N) is 1. The Morgan fingerprint density at radius 3 is 2.80 bits per heavy atom. The summed E-state index contributed by atoms with van der Waals surface area (Å²) in [5.74, 6) is 0.161. The molecule has 1 aliphatic heterocycles. The van der Waals surface area contributed by atoms with Gasteiger partial charge in [-0.25, -0.2) is 4.79 Å². The normalized spacial score (nSPS) is 13.1. The number of rotatable bonds is 5. The van der Waals surface area contributed by atoms with E-state index in [-0.39, 0.29) is 0 Å². The average molecular weight is 404 g/mol. The summed E-state index contributed by atoms with van der Waals surface area (Å²) in [7, 11) is 0. The number of para-hydroxylation sites is 1. The Morgan fingerprint density at radius 1 is 1.07 bits per heavy atom. The molecule has 4 rings (SSSR count). The van der Waals surface area contributed by atoms with Crippen molar-refractivity contribution in [2.45, 2.75) is 6.42 Å². The van der Waals surface area contributed by atoms with Crippen molar-refractivity contribution >= 4 is 34.5 Å². The molecule has 3 aromatic rings. The third kappa shape index (κ3) is 4.75. The first-order valence-electron chi connectivity index (χ1n) is 9.57. The molecule has 0 aliphatic carbocycles. The number of aromatic nitrogens is 1. The summed E-state index contributed by atoms with van der Waals surface area (Å²) in [6.07, 6.45) is 5.40. The molecule has 0 spiro atoms. The standard InChI is InChI=1S/C23H20N2O5/c26-21(25-18-8-9-19-20(14-18)29-13-3-12-28-19)15-30-22(27)10-7-17-5-1-4-16-6-2-11-24-23(16)17/h1-2,4-11,14H,3,12-13,15H2,(H,25,26)/b10-7+. The molecule has 1 N–H and O–H groups in total. The number of hydrogen-bond acceptors (Lipinski definition) is 6. The monoisotopic (exact) mass is 404 g/mol. The molecular weight excluding hydrogens is 384 g/mol. The number of pyridine rings is 1. The van der Waals surface area contributed by atoms with Gasteiger partial charge in [-0.2, -0.15) is 0 Å². The van der Waals surface area contributed by atoms with Crippen molar-refractivity contribution in [3.8, 4) is 11.5 Å². The molecule has 2 heterocycles. The van der Waals surface area contributed by atoms with Gasteiger partial charge in [0.1, 0.15) is 0 Å². The predicted octanol–water partition coefficient (Wildman–Crippen LogP) is 3.59. The van der Waals surface area contributed by atoms with Crippen LogP contribution in [0.1, 0.15) is 12.0 Å². The molecule has 0 saturated carbocycles. The molecule has 7 heteroatoms. The van der Waals surface area contributed by atoms with E-state index in [1.165, 1.54) is 6.08 Å². The first-order chi connectivity index (χ1) is 14.7. The zero-order chi connectivity index (χ0) is 20.8. The Balaban J connectivity index is 1.32. The fourth-order valence-corrected chi connectivity index (χ4v) is 3.04. The quantitative estimate of drug-likeness (QED) is 0.517. The minimum absolute atomic E-state index is 0.397. The maximum absolute atomic E-state index is 12.1. The van der Waals surface area contributed by atoms with Gasteiger partial charge in [0.25, 0.3) is 5.91 Å². The fourth-order valence-electron chi connectivity index (χ4n) is 3.04. The SMILES string of the molecule is O=C(COC(=O)/C=C/c1cccc2cccnc12)Nc1ccc2c(c1)OCCCO2. The zero-order valence-corrected chi connectivity index (χ0v) is 16.2. The highest BCUT2D eigenvalue weighted by Crippen LogP contribution is 2.32. The molecule has 0 unspecified atom stereocenters. The minimum Gasteiger partial charge on any atom is -0.490 e. The molecule has 0 radical (unpaired) electrons. The van der Waals surface area contributed by atoms with Gasteiger partial charge in [-0.15, -0.1) is 0 Å². The van der Waals surface area contributed by atoms with Crippen molar-refractivity contribution in [2.24, 2.45) is 0 Å². The Labute approximate surface area is 173 Å². The summed E-state index contributed by atoms with van der Waals surface area (Å²) in [6.45, 7) is 0.753. The number of ether oxygens (including phenoxy) is 3. The van der Waals surface area contributed by atoms with Gasteiger partial charge in [0, 0.05) is 41.4 Å². The van der Waals surface area contributed by atoms with Gasteiger partial charge >= 0.3 is 5.97 Å². The largest absolute Gasteiger partial charge is 0.490 e. The van der Waals surface area contributed by atoms with E-state index < -0.39 is 18.5 Å². The van der Waals surface area contributed by atoms with Crippen LogP contribution in [0.3, 0.4) is 0 Å². The minimum atomic E-state index is -0.614. The Kier molecular flexibility index (Phi) is 5.89. The molecular formula is C23H20N2O5. The highest BCUT2D eigenvalue weighted by Gasteiger charge is 2.12. The van der Waals surface area contributed by atoms with Crippen LogP contribution in [0.15, 0.2) is 60.8 Å². The lowest BCUT2D eigenvalue weighted by Gasteiger charge is -2.10. The van der Waals surface area contributed by atoms with Crippen molar-refractivity contribution in [2.75, 3.05) is 25.1 Å². The number of carbonyl (C=O) groups excluding carboxylic acids is 2. The molecule has 1 aromatic heterocycles. The van der Waals surface area contributed by atoms with Gasteiger partial charge in [-0.05, 0) is 24.3 Å². The van der Waals surface area contributed by atoms with Gasteiger partial charge in [-0.1, -0.05) is 24.3 Å². The molecule has 152 valence electrons. The van der Waals surface area contributed by atoms with E-state index in [9.17, 15) is 9.59 Å². The fraction of sp³-hybridized carbons (Fsp3) is 0.174. The van der Waals surface area contributed by atoms with Crippen LogP contribution in [0.2, 0.25) is 0 Å². The summed E-state index contributed by atoms with van der Waals surface area (Å²) >= 11 is 0. The molecule has 1 amide bonds. The number of nitrogens with zero attached hydrogens (tertiary/aromatic N) is 1. The van der Waals surface area contributed by atoms with Gasteiger partial charge in [-0.3, -0.25) is 9.78 Å². The third-order valence-corrected chi connectivity index (χ3v) is 4.44. The number of benzene rings is 2. The Bertz CT molecular complexity index is 1100. The molecule has 0 atom stereocenters. The third-order valence-electron chi connectivity index (χ3n) is 4.44. The second-order valence-corrected chi connectivity index (χ2v) is 6.62. The second kappa shape index (κ2) is 9.09. The first kappa shape index (κ1) is 19.4. The summed E-state index contributed by atoms with van der Waals surface area (Å²) < 4.78 is 16.2. The van der Waals surface area contributed by atoms with Gasteiger partial charge < -0.3 is 19.5 Å². The van der Waals surface area contributed by atoms with E-state index in [4.69, 9.17) is 14.2 Å². The van der Waals surface area contributed by atoms with Gasteiger partial charge in [0.2, 0.25) is 0 Å². The topological polar surface area (TPSA) is 86.8 Å². The number of fused-ring (bicyclic) bond motifs is 2. The Morgan fingerprint density at radius 2 is 1.90 bits per heavy atom. The van der Waals surface area contributed by atoms with Crippen molar-refractivity contribution < 1.29 is 23.8 Å². The zero-order valence-electron chi connectivity index (χ0n) is 16.2. The highest BCUT2D eigenvalue weighted by molar-refractivity contribution is 5.96. The number of esters is 1. The van der Waals surface area contributed by atoms with Crippen LogP contribution in [0.25, 0.3) is 17.0 Å². The first-order valence-corrected chi connectivity index (χ1v) is 9.57. The van der Waals surface area contributed by atoms with Crippen LogP contribution < -0.4 is 14.8 Å². The number of amides is 1. The average Bonchev–Trinajstić information content (AvgIpc) is 3.01. The van der Waals surface area contributed by atoms with E-state index in [2.05, 4.69) is 10.3 Å². The molecule has 0 bridgehead atoms. The predicted molar refractivity (Wildman–Crippen MR) is 112 cm³/mol. The smallest absolute Gasteiger partial charge is 0.331 e. The van der Waals surface area contributed by atoms with E-state index in [1.54, 1.807) is 30.5 Å².